The van der Waals surface area contributed by atoms with E-state index in [2.05, 4.69) is 10.3 Å². The molecule has 1 saturated heterocycles. The van der Waals surface area contributed by atoms with Gasteiger partial charge in [-0.25, -0.2) is 13.9 Å². The van der Waals surface area contributed by atoms with Crippen molar-refractivity contribution in [2.45, 2.75) is 29.8 Å². The Morgan fingerprint density at radius 2 is 1.67 bits per heavy atom. The van der Waals surface area contributed by atoms with Crippen molar-refractivity contribution in [2.75, 3.05) is 13.7 Å². The second-order valence-electron chi connectivity index (χ2n) is 9.30. The topological polar surface area (TPSA) is 141 Å². The maximum Gasteiger partial charge on any atom is 0.261 e. The molecule has 2 heterocycles. The highest BCUT2D eigenvalue weighted by Gasteiger charge is 2.41. The number of aromatic nitrogens is 1. The molecule has 0 bridgehead atoms. The molecule has 1 aliphatic rings. The number of hydrogen-bond acceptors (Lipinski definition) is 6. The lowest BCUT2D eigenvalue weighted by molar-refractivity contribution is -0.134. The molecule has 10 nitrogen and oxygen atoms in total. The Balaban J connectivity index is 1.33. The molecule has 0 spiro atoms. The van der Waals surface area contributed by atoms with Crippen molar-refractivity contribution in [2.24, 2.45) is 0 Å². The molecule has 1 fully saturated rings. The highest BCUT2D eigenvalue weighted by Crippen LogP contribution is 2.29. The standard InChI is InChI=1S/C28H28N4O6S/c1-38-21-10-6-18(7-11-21)19-8-12-22(13-9-19)39(36,37)32-15-14-20(16-26(32)28(34)31-35)30-27(33)24-17-29-25-5-3-2-4-23(24)25/h2-13,17,20,26,29,35H,14-16H2,1H3,(H,30,33)(H,31,34)/t20-,26-/m1/s1. The predicted octanol–water partition coefficient (Wildman–Crippen LogP) is 3.30. The Labute approximate surface area is 225 Å². The van der Waals surface area contributed by atoms with Crippen LogP contribution in [0.2, 0.25) is 0 Å². The van der Waals surface area contributed by atoms with Gasteiger partial charge in [-0.05, 0) is 54.3 Å². The summed E-state index contributed by atoms with van der Waals surface area (Å²) in [4.78, 5) is 28.7. The molecule has 2 amide bonds. The second kappa shape index (κ2) is 10.9. The summed E-state index contributed by atoms with van der Waals surface area (Å²) < 4.78 is 33.4. The maximum absolute atomic E-state index is 13.6. The van der Waals surface area contributed by atoms with Gasteiger partial charge in [0.05, 0.1) is 17.6 Å². The van der Waals surface area contributed by atoms with Gasteiger partial charge in [-0.15, -0.1) is 0 Å². The van der Waals surface area contributed by atoms with Gasteiger partial charge in [-0.1, -0.05) is 42.5 Å². The molecule has 39 heavy (non-hydrogen) atoms. The number of aromatic amines is 1. The number of benzene rings is 3. The van der Waals surface area contributed by atoms with Gasteiger partial charge >= 0.3 is 0 Å². The second-order valence-corrected chi connectivity index (χ2v) is 11.2. The summed E-state index contributed by atoms with van der Waals surface area (Å²) in [5.74, 6) is -0.474. The summed E-state index contributed by atoms with van der Waals surface area (Å²) in [5.41, 5.74) is 4.57. The highest BCUT2D eigenvalue weighted by atomic mass is 32.2. The first-order valence-corrected chi connectivity index (χ1v) is 13.8. The van der Waals surface area contributed by atoms with Crippen LogP contribution < -0.4 is 15.5 Å². The fraction of sp³-hybridized carbons (Fsp3) is 0.214. The van der Waals surface area contributed by atoms with Crippen LogP contribution in [0.1, 0.15) is 23.2 Å². The van der Waals surface area contributed by atoms with Crippen molar-refractivity contribution in [3.63, 3.8) is 0 Å². The van der Waals surface area contributed by atoms with Gasteiger partial charge in [-0.3, -0.25) is 14.8 Å². The fourth-order valence-corrected chi connectivity index (χ4v) is 6.55. The average Bonchev–Trinajstić information content (AvgIpc) is 3.41. The first-order valence-electron chi connectivity index (χ1n) is 12.4. The first kappa shape index (κ1) is 26.4. The summed E-state index contributed by atoms with van der Waals surface area (Å²) in [6, 6.07) is 19.5. The van der Waals surface area contributed by atoms with Gasteiger partial charge in [0.1, 0.15) is 11.8 Å². The number of sulfonamides is 1. The molecular weight excluding hydrogens is 520 g/mol. The molecule has 1 aliphatic heterocycles. The van der Waals surface area contributed by atoms with Crippen molar-refractivity contribution < 1.29 is 28.0 Å². The van der Waals surface area contributed by atoms with Crippen molar-refractivity contribution >= 4 is 32.7 Å². The zero-order chi connectivity index (χ0) is 27.6. The van der Waals surface area contributed by atoms with Crippen LogP contribution in [-0.4, -0.2) is 60.5 Å². The predicted molar refractivity (Wildman–Crippen MR) is 145 cm³/mol. The van der Waals surface area contributed by atoms with E-state index >= 15 is 0 Å². The Bertz CT molecular complexity index is 1600. The Kier molecular flexibility index (Phi) is 7.38. The number of nitrogens with zero attached hydrogens (tertiary/aromatic N) is 1. The van der Waals surface area contributed by atoms with Gasteiger partial charge < -0.3 is 15.0 Å². The summed E-state index contributed by atoms with van der Waals surface area (Å²) in [5, 5.41) is 13.0. The third kappa shape index (κ3) is 5.24. The van der Waals surface area contributed by atoms with E-state index in [-0.39, 0.29) is 23.8 Å². The quantitative estimate of drug-likeness (QED) is 0.206. The molecule has 11 heteroatoms. The number of carbonyl (C=O) groups excluding carboxylic acids is 2. The summed E-state index contributed by atoms with van der Waals surface area (Å²) in [7, 11) is -2.49. The molecule has 0 saturated carbocycles. The van der Waals surface area contributed by atoms with Crippen LogP contribution >= 0.6 is 0 Å². The third-order valence-corrected chi connectivity index (χ3v) is 8.94. The Morgan fingerprint density at radius 3 is 2.33 bits per heavy atom. The van der Waals surface area contributed by atoms with E-state index in [0.717, 1.165) is 26.3 Å². The number of rotatable bonds is 7. The van der Waals surface area contributed by atoms with Gasteiger partial charge in [0.25, 0.3) is 11.8 Å². The van der Waals surface area contributed by atoms with Crippen molar-refractivity contribution in [3.05, 3.63) is 84.6 Å². The highest BCUT2D eigenvalue weighted by molar-refractivity contribution is 7.89. The molecule has 4 aromatic rings. The van der Waals surface area contributed by atoms with E-state index in [1.807, 2.05) is 48.5 Å². The van der Waals surface area contributed by atoms with Crippen LogP contribution in [0.25, 0.3) is 22.0 Å². The van der Waals surface area contributed by atoms with E-state index in [4.69, 9.17) is 4.74 Å². The molecule has 0 unspecified atom stereocenters. The zero-order valence-corrected chi connectivity index (χ0v) is 21.9. The molecule has 5 rings (SSSR count). The summed E-state index contributed by atoms with van der Waals surface area (Å²) in [6.45, 7) is -0.0144. The third-order valence-electron chi connectivity index (χ3n) is 7.02. The maximum atomic E-state index is 13.6. The number of ether oxygens (including phenoxy) is 1. The van der Waals surface area contributed by atoms with E-state index in [1.165, 1.54) is 12.1 Å². The molecule has 1 aromatic heterocycles. The van der Waals surface area contributed by atoms with Crippen molar-refractivity contribution in [1.29, 1.82) is 0 Å². The van der Waals surface area contributed by atoms with Crippen LogP contribution in [0.4, 0.5) is 0 Å². The molecule has 2 atom stereocenters. The monoisotopic (exact) mass is 548 g/mol. The van der Waals surface area contributed by atoms with Crippen molar-refractivity contribution in [1.82, 2.24) is 20.1 Å². The smallest absolute Gasteiger partial charge is 0.261 e. The molecule has 202 valence electrons. The minimum Gasteiger partial charge on any atom is -0.497 e. The number of amides is 2. The molecular formula is C28H28N4O6S. The minimum atomic E-state index is -4.08. The largest absolute Gasteiger partial charge is 0.497 e. The first-order chi connectivity index (χ1) is 18.8. The Hall–Kier alpha value is -4.19. The average molecular weight is 549 g/mol. The van der Waals surface area contributed by atoms with Crippen LogP contribution in [0.5, 0.6) is 5.75 Å². The number of H-pyrrole nitrogens is 1. The number of hydroxylamine groups is 1. The van der Waals surface area contributed by atoms with E-state index in [9.17, 15) is 23.2 Å². The van der Waals surface area contributed by atoms with Gasteiger partial charge in [0.15, 0.2) is 0 Å². The lowest BCUT2D eigenvalue weighted by Gasteiger charge is -2.37. The number of methoxy groups -OCH3 is 1. The zero-order valence-electron chi connectivity index (χ0n) is 21.1. The number of piperidine rings is 1. The Morgan fingerprint density at radius 1 is 1.00 bits per heavy atom. The SMILES string of the molecule is COc1ccc(-c2ccc(S(=O)(=O)N3CC[C@@H](NC(=O)c4c[nH]c5ccccc45)C[C@@H]3C(=O)NO)cc2)cc1. The summed E-state index contributed by atoms with van der Waals surface area (Å²) in [6.07, 6.45) is 1.92. The van der Waals surface area contributed by atoms with Gasteiger partial charge in [0.2, 0.25) is 10.0 Å². The lowest BCUT2D eigenvalue weighted by atomic mass is 9.98. The number of hydrogen-bond donors (Lipinski definition) is 4. The lowest BCUT2D eigenvalue weighted by Crippen LogP contribution is -2.56. The molecule has 3 aromatic carbocycles. The van der Waals surface area contributed by atoms with Crippen LogP contribution in [0.15, 0.2) is 83.9 Å². The summed E-state index contributed by atoms with van der Waals surface area (Å²) >= 11 is 0. The van der Waals surface area contributed by atoms with E-state index in [0.29, 0.717) is 17.7 Å². The molecule has 0 radical (unpaired) electrons. The van der Waals surface area contributed by atoms with E-state index in [1.54, 1.807) is 30.9 Å². The fourth-order valence-electron chi connectivity index (χ4n) is 4.94. The van der Waals surface area contributed by atoms with Crippen LogP contribution in [0.3, 0.4) is 0 Å². The minimum absolute atomic E-state index is 0.00362. The van der Waals surface area contributed by atoms with Crippen molar-refractivity contribution in [3.8, 4) is 16.9 Å². The van der Waals surface area contributed by atoms with Gasteiger partial charge in [-0.2, -0.15) is 4.31 Å². The number of fused-ring (bicyclic) bond motifs is 1. The van der Waals surface area contributed by atoms with Crippen LogP contribution in [-0.2, 0) is 14.8 Å². The van der Waals surface area contributed by atoms with Crippen LogP contribution in [0, 0.1) is 0 Å². The van der Waals surface area contributed by atoms with E-state index < -0.39 is 28.0 Å². The number of para-hydroxylation sites is 1. The molecule has 4 N–H and O–H groups in total. The molecule has 0 aliphatic carbocycles. The number of carbonyl (C=O) groups is 2. The van der Waals surface area contributed by atoms with Gasteiger partial charge in [0, 0.05) is 29.7 Å². The normalized spacial score (nSPS) is 18.0. The number of nitrogens with one attached hydrogen (secondary N) is 3.